The van der Waals surface area contributed by atoms with Gasteiger partial charge in [0.05, 0.1) is 25.9 Å². The second-order valence-corrected chi connectivity index (χ2v) is 6.84. The summed E-state index contributed by atoms with van der Waals surface area (Å²) in [6, 6.07) is -0.297. The van der Waals surface area contributed by atoms with E-state index in [0.717, 1.165) is 45.1 Å². The molecule has 1 saturated carbocycles. The zero-order valence-electron chi connectivity index (χ0n) is 13.8. The summed E-state index contributed by atoms with van der Waals surface area (Å²) in [6.45, 7) is 2.90. The van der Waals surface area contributed by atoms with E-state index >= 15 is 0 Å². The van der Waals surface area contributed by atoms with Crippen molar-refractivity contribution in [3.05, 3.63) is 0 Å². The molecule has 1 aliphatic carbocycles. The first kappa shape index (κ1) is 16.7. The quantitative estimate of drug-likeness (QED) is 0.840. The second kappa shape index (κ2) is 8.11. The first-order chi connectivity index (χ1) is 11.3. The molecule has 3 rings (SSSR count). The average Bonchev–Trinajstić information content (AvgIpc) is 3.10. The molecule has 0 spiro atoms. The van der Waals surface area contributed by atoms with E-state index in [1.54, 1.807) is 0 Å². The molecule has 2 saturated heterocycles. The van der Waals surface area contributed by atoms with Crippen LogP contribution < -0.4 is 5.32 Å². The van der Waals surface area contributed by atoms with E-state index in [1.165, 1.54) is 6.42 Å². The minimum atomic E-state index is -0.297. The van der Waals surface area contributed by atoms with Gasteiger partial charge in [-0.3, -0.25) is 9.59 Å². The third-order valence-electron chi connectivity index (χ3n) is 5.18. The number of carbonyl (C=O) groups excluding carboxylic acids is 2. The van der Waals surface area contributed by atoms with Crippen LogP contribution in [-0.4, -0.2) is 61.8 Å². The van der Waals surface area contributed by atoms with Crippen molar-refractivity contribution in [2.75, 3.05) is 32.9 Å². The topological polar surface area (TPSA) is 67.9 Å². The summed E-state index contributed by atoms with van der Waals surface area (Å²) in [7, 11) is 0. The fraction of sp³-hybridized carbons (Fsp3) is 0.882. The standard InChI is InChI=1S/C17H28N2O4/c20-16(18-11-14-12-22-9-10-23-14)15-7-4-8-19(15)17(21)13-5-2-1-3-6-13/h13-15H,1-12H2,(H,18,20)/t14-,15-/m1/s1. The van der Waals surface area contributed by atoms with Gasteiger partial charge in [0.25, 0.3) is 0 Å². The number of hydrogen-bond acceptors (Lipinski definition) is 4. The zero-order chi connectivity index (χ0) is 16.1. The molecule has 2 heterocycles. The van der Waals surface area contributed by atoms with E-state index in [1.807, 2.05) is 4.90 Å². The van der Waals surface area contributed by atoms with Crippen molar-refractivity contribution >= 4 is 11.8 Å². The summed E-state index contributed by atoms with van der Waals surface area (Å²) in [6.07, 6.45) is 7.09. The molecule has 2 atom stereocenters. The third-order valence-corrected chi connectivity index (χ3v) is 5.18. The highest BCUT2D eigenvalue weighted by Gasteiger charge is 2.37. The Balaban J connectivity index is 1.50. The van der Waals surface area contributed by atoms with E-state index in [-0.39, 0.29) is 29.9 Å². The van der Waals surface area contributed by atoms with Gasteiger partial charge in [-0.1, -0.05) is 19.3 Å². The van der Waals surface area contributed by atoms with Gasteiger partial charge < -0.3 is 19.7 Å². The molecule has 0 bridgehead atoms. The molecule has 3 fully saturated rings. The van der Waals surface area contributed by atoms with E-state index in [2.05, 4.69) is 5.32 Å². The number of ether oxygens (including phenoxy) is 2. The Morgan fingerprint density at radius 3 is 2.61 bits per heavy atom. The Labute approximate surface area is 137 Å². The number of nitrogens with zero attached hydrogens (tertiary/aromatic N) is 1. The van der Waals surface area contributed by atoms with Crippen molar-refractivity contribution in [1.82, 2.24) is 10.2 Å². The lowest BCUT2D eigenvalue weighted by molar-refractivity contribution is -0.143. The highest BCUT2D eigenvalue weighted by atomic mass is 16.6. The Bertz CT molecular complexity index is 417. The van der Waals surface area contributed by atoms with E-state index in [0.29, 0.717) is 26.4 Å². The lowest BCUT2D eigenvalue weighted by Crippen LogP contribution is -2.50. The molecule has 1 N–H and O–H groups in total. The third kappa shape index (κ3) is 4.23. The smallest absolute Gasteiger partial charge is 0.242 e. The zero-order valence-corrected chi connectivity index (χ0v) is 13.8. The van der Waals surface area contributed by atoms with E-state index < -0.39 is 0 Å². The molecule has 0 aromatic carbocycles. The van der Waals surface area contributed by atoms with E-state index in [9.17, 15) is 9.59 Å². The number of rotatable bonds is 4. The van der Waals surface area contributed by atoms with Gasteiger partial charge in [-0.15, -0.1) is 0 Å². The first-order valence-corrected chi connectivity index (χ1v) is 9.03. The number of likely N-dealkylation sites (tertiary alicyclic amines) is 1. The van der Waals surface area contributed by atoms with Crippen LogP contribution in [0.4, 0.5) is 0 Å². The van der Waals surface area contributed by atoms with Crippen molar-refractivity contribution in [2.24, 2.45) is 5.92 Å². The van der Waals surface area contributed by atoms with Crippen LogP contribution >= 0.6 is 0 Å². The molecule has 0 aromatic heterocycles. The molecular weight excluding hydrogens is 296 g/mol. The summed E-state index contributed by atoms with van der Waals surface area (Å²) in [5.41, 5.74) is 0. The summed E-state index contributed by atoms with van der Waals surface area (Å²) >= 11 is 0. The molecule has 2 amide bonds. The summed E-state index contributed by atoms with van der Waals surface area (Å²) in [4.78, 5) is 27.0. The SMILES string of the molecule is O=C(NC[C@@H]1COCCO1)[C@H]1CCCN1C(=O)C1CCCCC1. The summed E-state index contributed by atoms with van der Waals surface area (Å²) in [5.74, 6) is 0.285. The Morgan fingerprint density at radius 2 is 1.87 bits per heavy atom. The predicted octanol–water partition coefficient (Wildman–Crippen LogP) is 1.09. The molecule has 0 aromatic rings. The first-order valence-electron chi connectivity index (χ1n) is 9.03. The Hall–Kier alpha value is -1.14. The van der Waals surface area contributed by atoms with Crippen LogP contribution in [0, 0.1) is 5.92 Å². The van der Waals surface area contributed by atoms with Crippen LogP contribution in [0.2, 0.25) is 0 Å². The molecular formula is C17H28N2O4. The van der Waals surface area contributed by atoms with Crippen LogP contribution in [0.5, 0.6) is 0 Å². The molecule has 6 nitrogen and oxygen atoms in total. The molecule has 3 aliphatic rings. The number of carbonyl (C=O) groups is 2. The van der Waals surface area contributed by atoms with Gasteiger partial charge in [0.1, 0.15) is 6.04 Å². The van der Waals surface area contributed by atoms with Crippen LogP contribution in [0.1, 0.15) is 44.9 Å². The maximum atomic E-state index is 12.7. The van der Waals surface area contributed by atoms with Crippen LogP contribution in [0.3, 0.4) is 0 Å². The number of nitrogens with one attached hydrogen (secondary N) is 1. The number of amides is 2. The predicted molar refractivity (Wildman–Crippen MR) is 84.9 cm³/mol. The van der Waals surface area contributed by atoms with Crippen molar-refractivity contribution in [1.29, 1.82) is 0 Å². The molecule has 0 unspecified atom stereocenters. The van der Waals surface area contributed by atoms with Crippen molar-refractivity contribution in [3.63, 3.8) is 0 Å². The monoisotopic (exact) mass is 324 g/mol. The van der Waals surface area contributed by atoms with Crippen molar-refractivity contribution in [2.45, 2.75) is 57.1 Å². The van der Waals surface area contributed by atoms with Crippen LogP contribution in [0.15, 0.2) is 0 Å². The summed E-state index contributed by atoms with van der Waals surface area (Å²) < 4.78 is 10.9. The lowest BCUT2D eigenvalue weighted by Gasteiger charge is -2.30. The minimum Gasteiger partial charge on any atom is -0.376 e. The van der Waals surface area contributed by atoms with Crippen LogP contribution in [-0.2, 0) is 19.1 Å². The number of hydrogen-bond donors (Lipinski definition) is 1. The van der Waals surface area contributed by atoms with Gasteiger partial charge in [-0.25, -0.2) is 0 Å². The lowest BCUT2D eigenvalue weighted by atomic mass is 9.88. The van der Waals surface area contributed by atoms with Crippen LogP contribution in [0.25, 0.3) is 0 Å². The molecule has 23 heavy (non-hydrogen) atoms. The van der Waals surface area contributed by atoms with Gasteiger partial charge in [0.2, 0.25) is 11.8 Å². The fourth-order valence-corrected chi connectivity index (χ4v) is 3.87. The van der Waals surface area contributed by atoms with Gasteiger partial charge in [0.15, 0.2) is 0 Å². The van der Waals surface area contributed by atoms with Gasteiger partial charge >= 0.3 is 0 Å². The molecule has 6 heteroatoms. The highest BCUT2D eigenvalue weighted by molar-refractivity contribution is 5.89. The minimum absolute atomic E-state index is 0.0409. The molecule has 0 radical (unpaired) electrons. The van der Waals surface area contributed by atoms with E-state index in [4.69, 9.17) is 9.47 Å². The normalized spacial score (nSPS) is 29.5. The molecule has 2 aliphatic heterocycles. The van der Waals surface area contributed by atoms with Crippen molar-refractivity contribution < 1.29 is 19.1 Å². The van der Waals surface area contributed by atoms with Gasteiger partial charge in [0, 0.05) is 19.0 Å². The fourth-order valence-electron chi connectivity index (χ4n) is 3.87. The summed E-state index contributed by atoms with van der Waals surface area (Å²) in [5, 5.41) is 2.94. The Morgan fingerprint density at radius 1 is 1.04 bits per heavy atom. The second-order valence-electron chi connectivity index (χ2n) is 6.84. The highest BCUT2D eigenvalue weighted by Crippen LogP contribution is 2.28. The largest absolute Gasteiger partial charge is 0.376 e. The average molecular weight is 324 g/mol. The Kier molecular flexibility index (Phi) is 5.89. The maximum Gasteiger partial charge on any atom is 0.242 e. The molecule has 130 valence electrons. The van der Waals surface area contributed by atoms with Crippen molar-refractivity contribution in [3.8, 4) is 0 Å². The van der Waals surface area contributed by atoms with Gasteiger partial charge in [-0.2, -0.15) is 0 Å². The maximum absolute atomic E-state index is 12.7. The van der Waals surface area contributed by atoms with Gasteiger partial charge in [-0.05, 0) is 25.7 Å².